The summed E-state index contributed by atoms with van der Waals surface area (Å²) >= 11 is 1.65. The minimum absolute atomic E-state index is 0.176. The van der Waals surface area contributed by atoms with Crippen molar-refractivity contribution in [2.75, 3.05) is 6.61 Å². The highest BCUT2D eigenvalue weighted by Crippen LogP contribution is 2.37. The van der Waals surface area contributed by atoms with Crippen LogP contribution in [0.2, 0.25) is 0 Å². The summed E-state index contributed by atoms with van der Waals surface area (Å²) in [5.74, 6) is -1.56. The second-order valence-corrected chi connectivity index (χ2v) is 6.90. The van der Waals surface area contributed by atoms with E-state index in [-0.39, 0.29) is 18.3 Å². The fraction of sp³-hybridized carbons (Fsp3) is 0.238. The lowest BCUT2D eigenvalue weighted by atomic mass is 9.75. The van der Waals surface area contributed by atoms with Crippen LogP contribution in [-0.4, -0.2) is 18.4 Å². The molecule has 0 saturated heterocycles. The zero-order chi connectivity index (χ0) is 17.6. The number of allylic oxidation sites excluding steroid dienone is 3. The van der Waals surface area contributed by atoms with Crippen LogP contribution in [0.3, 0.4) is 0 Å². The molecule has 25 heavy (non-hydrogen) atoms. The van der Waals surface area contributed by atoms with Gasteiger partial charge in [-0.25, -0.2) is 0 Å². The molecule has 2 atom stereocenters. The summed E-state index contributed by atoms with van der Waals surface area (Å²) in [6.45, 7) is 2.03. The first-order chi connectivity index (χ1) is 12.2. The van der Waals surface area contributed by atoms with Gasteiger partial charge in [0.15, 0.2) is 5.78 Å². The van der Waals surface area contributed by atoms with Crippen LogP contribution < -0.4 is 0 Å². The number of hydrogen-bond donors (Lipinski definition) is 0. The van der Waals surface area contributed by atoms with Gasteiger partial charge in [-0.15, -0.1) is 11.3 Å². The van der Waals surface area contributed by atoms with Crippen LogP contribution >= 0.6 is 11.3 Å². The molecule has 2 aromatic rings. The van der Waals surface area contributed by atoms with Gasteiger partial charge in [-0.3, -0.25) is 9.59 Å². The van der Waals surface area contributed by atoms with Crippen LogP contribution in [0, 0.1) is 5.92 Å². The van der Waals surface area contributed by atoms with Crippen LogP contribution in [0.1, 0.15) is 29.7 Å². The van der Waals surface area contributed by atoms with E-state index < -0.39 is 11.9 Å². The largest absolute Gasteiger partial charge is 0.465 e. The van der Waals surface area contributed by atoms with Gasteiger partial charge in [0, 0.05) is 10.8 Å². The third-order valence-electron chi connectivity index (χ3n) is 4.27. The molecule has 0 fully saturated rings. The van der Waals surface area contributed by atoms with Crippen molar-refractivity contribution in [1.82, 2.24) is 0 Å². The lowest BCUT2D eigenvalue weighted by Gasteiger charge is -2.28. The van der Waals surface area contributed by atoms with Crippen molar-refractivity contribution in [3.63, 3.8) is 0 Å². The maximum absolute atomic E-state index is 12.7. The van der Waals surface area contributed by atoms with Gasteiger partial charge in [0.05, 0.1) is 6.61 Å². The summed E-state index contributed by atoms with van der Waals surface area (Å²) in [6, 6.07) is 13.8. The number of benzene rings is 1. The molecule has 3 nitrogen and oxygen atoms in total. The van der Waals surface area contributed by atoms with Crippen molar-refractivity contribution in [3.8, 4) is 0 Å². The molecule has 0 spiro atoms. The average molecular weight is 352 g/mol. The molecule has 3 rings (SSSR count). The second-order valence-electron chi connectivity index (χ2n) is 5.92. The van der Waals surface area contributed by atoms with Gasteiger partial charge in [0.25, 0.3) is 0 Å². The summed E-state index contributed by atoms with van der Waals surface area (Å²) in [5, 5.41) is 2.02. The zero-order valence-corrected chi connectivity index (χ0v) is 14.9. The summed E-state index contributed by atoms with van der Waals surface area (Å²) < 4.78 is 5.15. The molecule has 1 aromatic carbocycles. The molecule has 1 aliphatic rings. The number of carbonyl (C=O) groups excluding carboxylic acids is 2. The van der Waals surface area contributed by atoms with Crippen LogP contribution in [0.25, 0.3) is 6.08 Å². The maximum atomic E-state index is 12.7. The number of carbonyl (C=O) groups is 2. The van der Waals surface area contributed by atoms with E-state index in [1.165, 1.54) is 0 Å². The van der Waals surface area contributed by atoms with E-state index in [9.17, 15) is 9.59 Å². The Balaban J connectivity index is 1.90. The van der Waals surface area contributed by atoms with E-state index in [2.05, 4.69) is 0 Å². The lowest BCUT2D eigenvalue weighted by molar-refractivity contribution is -0.151. The lowest BCUT2D eigenvalue weighted by Crippen LogP contribution is -2.34. The van der Waals surface area contributed by atoms with Crippen LogP contribution in [0.15, 0.2) is 65.6 Å². The predicted octanol–water partition coefficient (Wildman–Crippen LogP) is 4.62. The molecule has 0 radical (unpaired) electrons. The topological polar surface area (TPSA) is 43.4 Å². The average Bonchev–Trinajstić information content (AvgIpc) is 3.14. The molecule has 128 valence electrons. The zero-order valence-electron chi connectivity index (χ0n) is 14.1. The second kappa shape index (κ2) is 8.08. The summed E-state index contributed by atoms with van der Waals surface area (Å²) in [4.78, 5) is 26.1. The molecular weight excluding hydrogens is 332 g/mol. The molecule has 0 saturated carbocycles. The van der Waals surface area contributed by atoms with Crippen LogP contribution in [0.5, 0.6) is 0 Å². The fourth-order valence-corrected chi connectivity index (χ4v) is 3.73. The van der Waals surface area contributed by atoms with Gasteiger partial charge >= 0.3 is 5.97 Å². The van der Waals surface area contributed by atoms with Gasteiger partial charge in [-0.05, 0) is 48.1 Å². The Morgan fingerprint density at radius 3 is 2.68 bits per heavy atom. The van der Waals surface area contributed by atoms with Gasteiger partial charge in [0.2, 0.25) is 0 Å². The molecular formula is C21H20O3S. The van der Waals surface area contributed by atoms with Gasteiger partial charge in [-0.1, -0.05) is 42.5 Å². The number of ketones is 1. The predicted molar refractivity (Wildman–Crippen MR) is 100 cm³/mol. The third-order valence-corrected chi connectivity index (χ3v) is 5.10. The van der Waals surface area contributed by atoms with E-state index in [0.29, 0.717) is 6.42 Å². The smallest absolute Gasteiger partial charge is 0.317 e. The maximum Gasteiger partial charge on any atom is 0.317 e. The minimum atomic E-state index is -0.763. The Morgan fingerprint density at radius 1 is 1.20 bits per heavy atom. The van der Waals surface area contributed by atoms with Gasteiger partial charge in [-0.2, -0.15) is 0 Å². The molecule has 0 aliphatic heterocycles. The molecule has 1 aliphatic carbocycles. The first-order valence-electron chi connectivity index (χ1n) is 8.36. The molecule has 0 amide bonds. The van der Waals surface area contributed by atoms with Crippen LogP contribution in [0.4, 0.5) is 0 Å². The number of ether oxygens (including phenoxy) is 1. The standard InChI is InChI=1S/C21H20O3S/c1-2-24-21(23)20-18(16-7-4-3-5-8-16)13-15(14-19(20)22)10-11-17-9-6-12-25-17/h3-12,14,18,20H,2,13H2,1H3/b11-10+/t18-,20-/m1/s1. The summed E-state index contributed by atoms with van der Waals surface area (Å²) in [5.41, 5.74) is 1.93. The van der Waals surface area contributed by atoms with Crippen LogP contribution in [-0.2, 0) is 14.3 Å². The van der Waals surface area contributed by atoms with Crippen molar-refractivity contribution >= 4 is 29.2 Å². The van der Waals surface area contributed by atoms with E-state index in [0.717, 1.165) is 16.0 Å². The summed E-state index contributed by atoms with van der Waals surface area (Å²) in [6.07, 6.45) is 6.21. The van der Waals surface area contributed by atoms with Crippen molar-refractivity contribution in [3.05, 3.63) is 76.0 Å². The number of thiophene rings is 1. The van der Waals surface area contributed by atoms with Crippen molar-refractivity contribution in [2.24, 2.45) is 5.92 Å². The number of esters is 1. The highest BCUT2D eigenvalue weighted by molar-refractivity contribution is 7.10. The third kappa shape index (κ3) is 4.15. The molecule has 1 heterocycles. The van der Waals surface area contributed by atoms with Crippen molar-refractivity contribution < 1.29 is 14.3 Å². The normalized spacial score (nSPS) is 20.5. The quantitative estimate of drug-likeness (QED) is 0.582. The van der Waals surface area contributed by atoms with Gasteiger partial charge < -0.3 is 4.74 Å². The van der Waals surface area contributed by atoms with Crippen molar-refractivity contribution in [1.29, 1.82) is 0 Å². The van der Waals surface area contributed by atoms with Gasteiger partial charge in [0.1, 0.15) is 5.92 Å². The Hall–Kier alpha value is -2.46. The number of hydrogen-bond acceptors (Lipinski definition) is 4. The SMILES string of the molecule is CCOC(=O)[C@H]1C(=O)C=C(/C=C/c2cccs2)C[C@@H]1c1ccccc1. The first kappa shape index (κ1) is 17.4. The molecule has 4 heteroatoms. The molecule has 1 aromatic heterocycles. The van der Waals surface area contributed by atoms with E-state index in [1.807, 2.05) is 60.0 Å². The highest BCUT2D eigenvalue weighted by Gasteiger charge is 2.38. The minimum Gasteiger partial charge on any atom is -0.465 e. The van der Waals surface area contributed by atoms with E-state index in [4.69, 9.17) is 4.74 Å². The van der Waals surface area contributed by atoms with Crippen molar-refractivity contribution in [2.45, 2.75) is 19.3 Å². The van der Waals surface area contributed by atoms with E-state index in [1.54, 1.807) is 24.3 Å². The Bertz CT molecular complexity index is 788. The fourth-order valence-electron chi connectivity index (χ4n) is 3.12. The monoisotopic (exact) mass is 352 g/mol. The highest BCUT2D eigenvalue weighted by atomic mass is 32.1. The Kier molecular flexibility index (Phi) is 5.61. The molecule has 0 unspecified atom stereocenters. The number of rotatable bonds is 5. The summed E-state index contributed by atoms with van der Waals surface area (Å²) in [7, 11) is 0. The molecule has 0 N–H and O–H groups in total. The first-order valence-corrected chi connectivity index (χ1v) is 9.24. The van der Waals surface area contributed by atoms with E-state index >= 15 is 0 Å². The Morgan fingerprint density at radius 2 is 2.00 bits per heavy atom. The molecule has 0 bridgehead atoms. The Labute approximate surface area is 151 Å².